The molecular weight excluding hydrogens is 244 g/mol. The molecular formula is C13H18N4S. The minimum Gasteiger partial charge on any atom is -0.326 e. The van der Waals surface area contributed by atoms with Crippen LogP contribution in [0.3, 0.4) is 0 Å². The monoisotopic (exact) mass is 262 g/mol. The van der Waals surface area contributed by atoms with Gasteiger partial charge in [0.2, 0.25) is 0 Å². The summed E-state index contributed by atoms with van der Waals surface area (Å²) in [6, 6.07) is 1.03. The van der Waals surface area contributed by atoms with Crippen LogP contribution in [0.25, 0.3) is 10.7 Å². The second-order valence-electron chi connectivity index (χ2n) is 4.76. The van der Waals surface area contributed by atoms with Gasteiger partial charge in [0.05, 0.1) is 18.2 Å². The zero-order valence-corrected chi connectivity index (χ0v) is 11.6. The highest BCUT2D eigenvalue weighted by molar-refractivity contribution is 7.15. The standard InChI is InChI=1S/C13H18N4S/c1-3-15-9(2)12-7-16-13(18-12)11-6-14-8-17(11)10-4-5-10/h6-10,15H,3-5H2,1-2H3. The van der Waals surface area contributed by atoms with E-state index in [1.54, 1.807) is 11.3 Å². The Morgan fingerprint density at radius 1 is 1.50 bits per heavy atom. The minimum absolute atomic E-state index is 0.374. The van der Waals surface area contributed by atoms with Crippen molar-refractivity contribution in [1.29, 1.82) is 0 Å². The first-order chi connectivity index (χ1) is 8.79. The highest BCUT2D eigenvalue weighted by Gasteiger charge is 2.26. The van der Waals surface area contributed by atoms with E-state index >= 15 is 0 Å². The van der Waals surface area contributed by atoms with Gasteiger partial charge < -0.3 is 9.88 Å². The number of rotatable bonds is 5. The zero-order chi connectivity index (χ0) is 12.5. The highest BCUT2D eigenvalue weighted by atomic mass is 32.1. The summed E-state index contributed by atoms with van der Waals surface area (Å²) in [7, 11) is 0. The molecule has 2 heterocycles. The van der Waals surface area contributed by atoms with E-state index in [-0.39, 0.29) is 0 Å². The molecule has 3 rings (SSSR count). The van der Waals surface area contributed by atoms with Gasteiger partial charge in [-0.2, -0.15) is 0 Å². The maximum Gasteiger partial charge on any atom is 0.141 e. The van der Waals surface area contributed by atoms with Gasteiger partial charge in [0.15, 0.2) is 0 Å². The molecule has 0 spiro atoms. The summed E-state index contributed by atoms with van der Waals surface area (Å²) in [5.74, 6) is 0. The van der Waals surface area contributed by atoms with E-state index in [1.807, 2.05) is 18.7 Å². The third-order valence-electron chi connectivity index (χ3n) is 3.29. The van der Waals surface area contributed by atoms with Crippen molar-refractivity contribution in [2.24, 2.45) is 0 Å². The molecule has 0 aliphatic heterocycles. The Morgan fingerprint density at radius 2 is 2.33 bits per heavy atom. The van der Waals surface area contributed by atoms with Gasteiger partial charge >= 0.3 is 0 Å². The van der Waals surface area contributed by atoms with Crippen LogP contribution in [0, 0.1) is 0 Å². The highest BCUT2D eigenvalue weighted by Crippen LogP contribution is 2.39. The quantitative estimate of drug-likeness (QED) is 0.900. The number of nitrogens with one attached hydrogen (secondary N) is 1. The predicted octanol–water partition coefficient (Wildman–Crippen LogP) is 3.01. The van der Waals surface area contributed by atoms with Crippen molar-refractivity contribution in [2.75, 3.05) is 6.54 Å². The molecule has 1 N–H and O–H groups in total. The van der Waals surface area contributed by atoms with Crippen molar-refractivity contribution in [3.63, 3.8) is 0 Å². The molecule has 4 nitrogen and oxygen atoms in total. The van der Waals surface area contributed by atoms with E-state index in [4.69, 9.17) is 0 Å². The second kappa shape index (κ2) is 4.82. The van der Waals surface area contributed by atoms with Crippen LogP contribution in [-0.2, 0) is 0 Å². The van der Waals surface area contributed by atoms with Crippen LogP contribution in [-0.4, -0.2) is 21.1 Å². The topological polar surface area (TPSA) is 42.7 Å². The van der Waals surface area contributed by atoms with Crippen LogP contribution in [0.4, 0.5) is 0 Å². The Kier molecular flexibility index (Phi) is 3.18. The molecule has 0 aromatic carbocycles. The first-order valence-electron chi connectivity index (χ1n) is 6.51. The van der Waals surface area contributed by atoms with Crippen molar-refractivity contribution >= 4 is 11.3 Å². The number of imidazole rings is 1. The van der Waals surface area contributed by atoms with Gasteiger partial charge in [-0.05, 0) is 26.3 Å². The number of thiazole rings is 1. The van der Waals surface area contributed by atoms with Crippen molar-refractivity contribution < 1.29 is 0 Å². The van der Waals surface area contributed by atoms with Gasteiger partial charge in [0.25, 0.3) is 0 Å². The molecule has 0 radical (unpaired) electrons. The first-order valence-corrected chi connectivity index (χ1v) is 7.32. The van der Waals surface area contributed by atoms with E-state index in [0.717, 1.165) is 17.2 Å². The zero-order valence-electron chi connectivity index (χ0n) is 10.8. The maximum absolute atomic E-state index is 4.55. The van der Waals surface area contributed by atoms with E-state index in [0.29, 0.717) is 12.1 Å². The maximum atomic E-state index is 4.55. The van der Waals surface area contributed by atoms with Gasteiger partial charge in [-0.1, -0.05) is 6.92 Å². The molecule has 1 unspecified atom stereocenters. The lowest BCUT2D eigenvalue weighted by Crippen LogP contribution is -2.16. The fourth-order valence-electron chi connectivity index (χ4n) is 2.13. The van der Waals surface area contributed by atoms with Crippen LogP contribution >= 0.6 is 11.3 Å². The Labute approximate surface area is 111 Å². The number of hydrogen-bond acceptors (Lipinski definition) is 4. The molecule has 1 saturated carbocycles. The molecule has 2 aromatic rings. The van der Waals surface area contributed by atoms with Gasteiger partial charge in [0, 0.05) is 23.2 Å². The largest absolute Gasteiger partial charge is 0.326 e. The number of hydrogen-bond donors (Lipinski definition) is 1. The summed E-state index contributed by atoms with van der Waals surface area (Å²) < 4.78 is 2.26. The number of aromatic nitrogens is 3. The molecule has 1 atom stereocenters. The van der Waals surface area contributed by atoms with Crippen LogP contribution in [0.1, 0.15) is 43.6 Å². The fourth-order valence-corrected chi connectivity index (χ4v) is 3.08. The van der Waals surface area contributed by atoms with Crippen molar-refractivity contribution in [2.45, 2.75) is 38.8 Å². The molecule has 96 valence electrons. The SMILES string of the molecule is CCNC(C)c1cnc(-c2cncn2C2CC2)s1. The summed E-state index contributed by atoms with van der Waals surface area (Å²) in [6.07, 6.45) is 8.39. The van der Waals surface area contributed by atoms with Gasteiger partial charge in [-0.15, -0.1) is 11.3 Å². The molecule has 0 amide bonds. The summed E-state index contributed by atoms with van der Waals surface area (Å²) in [4.78, 5) is 10.1. The minimum atomic E-state index is 0.374. The summed E-state index contributed by atoms with van der Waals surface area (Å²) >= 11 is 1.76. The predicted molar refractivity (Wildman–Crippen MR) is 73.7 cm³/mol. The molecule has 18 heavy (non-hydrogen) atoms. The smallest absolute Gasteiger partial charge is 0.141 e. The van der Waals surface area contributed by atoms with E-state index in [2.05, 4.69) is 33.7 Å². The number of nitrogens with zero attached hydrogens (tertiary/aromatic N) is 3. The fraction of sp³-hybridized carbons (Fsp3) is 0.538. The average molecular weight is 262 g/mol. The molecule has 1 fully saturated rings. The van der Waals surface area contributed by atoms with Gasteiger partial charge in [-0.3, -0.25) is 0 Å². The first kappa shape index (κ1) is 11.9. The van der Waals surface area contributed by atoms with Crippen molar-refractivity contribution in [3.05, 3.63) is 23.6 Å². The van der Waals surface area contributed by atoms with Gasteiger partial charge in [-0.25, -0.2) is 9.97 Å². The van der Waals surface area contributed by atoms with Crippen LogP contribution in [0.5, 0.6) is 0 Å². The Bertz CT molecular complexity index is 527. The summed E-state index contributed by atoms with van der Waals surface area (Å²) in [6.45, 7) is 5.29. The third kappa shape index (κ3) is 2.20. The molecule has 0 bridgehead atoms. The molecule has 5 heteroatoms. The van der Waals surface area contributed by atoms with Crippen LogP contribution < -0.4 is 5.32 Å². The molecule has 2 aromatic heterocycles. The summed E-state index contributed by atoms with van der Waals surface area (Å²) in [5.41, 5.74) is 1.16. The Balaban J connectivity index is 1.85. The Morgan fingerprint density at radius 3 is 3.06 bits per heavy atom. The molecule has 0 saturated heterocycles. The van der Waals surface area contributed by atoms with E-state index in [1.165, 1.54) is 17.7 Å². The van der Waals surface area contributed by atoms with Gasteiger partial charge in [0.1, 0.15) is 5.01 Å². The third-order valence-corrected chi connectivity index (χ3v) is 4.49. The Hall–Kier alpha value is -1.20. The van der Waals surface area contributed by atoms with Crippen molar-refractivity contribution in [3.8, 4) is 10.7 Å². The molecule has 1 aliphatic carbocycles. The van der Waals surface area contributed by atoms with Crippen LogP contribution in [0.2, 0.25) is 0 Å². The van der Waals surface area contributed by atoms with E-state index in [9.17, 15) is 0 Å². The summed E-state index contributed by atoms with van der Waals surface area (Å²) in [5, 5.41) is 4.50. The second-order valence-corrected chi connectivity index (χ2v) is 5.83. The lowest BCUT2D eigenvalue weighted by Gasteiger charge is -2.08. The lowest BCUT2D eigenvalue weighted by molar-refractivity contribution is 0.606. The van der Waals surface area contributed by atoms with E-state index < -0.39 is 0 Å². The average Bonchev–Trinajstić information content (AvgIpc) is 2.93. The molecule has 1 aliphatic rings. The lowest BCUT2D eigenvalue weighted by atomic mass is 10.3. The van der Waals surface area contributed by atoms with Crippen LogP contribution in [0.15, 0.2) is 18.7 Å². The normalized spacial score (nSPS) is 17.0. The van der Waals surface area contributed by atoms with Crippen molar-refractivity contribution in [1.82, 2.24) is 19.9 Å².